The summed E-state index contributed by atoms with van der Waals surface area (Å²) in [7, 11) is 5.53. The van der Waals surface area contributed by atoms with Crippen LogP contribution in [0.4, 0.5) is 0 Å². The maximum Gasteiger partial charge on any atom is 0.280 e. The Hall–Kier alpha value is -2.79. The molecule has 0 spiro atoms. The van der Waals surface area contributed by atoms with Gasteiger partial charge in [0.05, 0.1) is 11.7 Å². The van der Waals surface area contributed by atoms with E-state index in [1.54, 1.807) is 43.4 Å². The molecule has 2 N–H and O–H groups in total. The van der Waals surface area contributed by atoms with Gasteiger partial charge in [-0.1, -0.05) is 17.7 Å². The average molecular weight is 592 g/mol. The standard InChI is InChI=1S/C27H31ClN6O3S.ClH/c1-33(2)27(37)16-5-7-19(30-24(35)22-11-15-4-6-18(28)10-17(15)13-29-22)21(12-16)31-25(36)26-32-20-8-9-34(3)14-23(20)38-26;/h4,6,10-11,13,16,19,21H,5,7-9,12,14H2,1-3H3,(H,30,35)(H,31,36);1H/t16-,19-,21+;/m0./s1. The molecule has 3 aromatic rings. The molecule has 2 aromatic heterocycles. The lowest BCUT2D eigenvalue weighted by Crippen LogP contribution is -2.56. The molecule has 208 valence electrons. The van der Waals surface area contributed by atoms with Crippen molar-refractivity contribution >= 4 is 63.8 Å². The summed E-state index contributed by atoms with van der Waals surface area (Å²) in [5.41, 5.74) is 1.27. The minimum Gasteiger partial charge on any atom is -0.349 e. The zero-order valence-electron chi connectivity index (χ0n) is 22.1. The lowest BCUT2D eigenvalue weighted by Gasteiger charge is -2.37. The Kier molecular flexibility index (Phi) is 9.10. The fourth-order valence-corrected chi connectivity index (χ4v) is 6.49. The van der Waals surface area contributed by atoms with Gasteiger partial charge in [-0.25, -0.2) is 4.98 Å². The van der Waals surface area contributed by atoms with Crippen molar-refractivity contribution in [3.8, 4) is 0 Å². The molecule has 5 rings (SSSR count). The smallest absolute Gasteiger partial charge is 0.280 e. The van der Waals surface area contributed by atoms with Gasteiger partial charge in [0.1, 0.15) is 5.69 Å². The molecule has 1 aromatic carbocycles. The first-order valence-electron chi connectivity index (χ1n) is 12.7. The average Bonchev–Trinajstić information content (AvgIpc) is 3.32. The van der Waals surface area contributed by atoms with Crippen LogP contribution in [-0.2, 0) is 17.8 Å². The zero-order valence-corrected chi connectivity index (χ0v) is 24.5. The largest absolute Gasteiger partial charge is 0.349 e. The van der Waals surface area contributed by atoms with Gasteiger partial charge in [-0.15, -0.1) is 23.7 Å². The van der Waals surface area contributed by atoms with E-state index in [1.807, 2.05) is 6.07 Å². The van der Waals surface area contributed by atoms with Gasteiger partial charge >= 0.3 is 0 Å². The number of hydrogen-bond acceptors (Lipinski definition) is 7. The van der Waals surface area contributed by atoms with Gasteiger partial charge in [-0.2, -0.15) is 0 Å². The Morgan fingerprint density at radius 2 is 1.85 bits per heavy atom. The van der Waals surface area contributed by atoms with Crippen LogP contribution >= 0.6 is 35.3 Å². The number of aromatic nitrogens is 2. The Morgan fingerprint density at radius 1 is 1.08 bits per heavy atom. The Balaban J connectivity index is 0.00000353. The van der Waals surface area contributed by atoms with Crippen molar-refractivity contribution in [2.45, 2.75) is 44.3 Å². The number of hydrogen-bond donors (Lipinski definition) is 2. The quantitative estimate of drug-likeness (QED) is 0.470. The third kappa shape index (κ3) is 6.51. The molecule has 0 bridgehead atoms. The van der Waals surface area contributed by atoms with E-state index in [2.05, 4.69) is 32.5 Å². The number of carbonyl (C=O) groups is 3. The number of benzene rings is 1. The molecule has 3 heterocycles. The zero-order chi connectivity index (χ0) is 27.0. The van der Waals surface area contributed by atoms with Crippen LogP contribution in [0.5, 0.6) is 0 Å². The highest BCUT2D eigenvalue weighted by Crippen LogP contribution is 2.29. The molecular formula is C27H32Cl2N6O3S. The number of pyridine rings is 1. The summed E-state index contributed by atoms with van der Waals surface area (Å²) in [6, 6.07) is 6.39. The van der Waals surface area contributed by atoms with E-state index in [0.717, 1.165) is 40.9 Å². The van der Waals surface area contributed by atoms with Crippen LogP contribution in [0.1, 0.15) is 50.1 Å². The first-order chi connectivity index (χ1) is 18.2. The van der Waals surface area contributed by atoms with Crippen molar-refractivity contribution < 1.29 is 14.4 Å². The van der Waals surface area contributed by atoms with E-state index in [4.69, 9.17) is 11.6 Å². The fourth-order valence-electron chi connectivity index (χ4n) is 5.22. The lowest BCUT2D eigenvalue weighted by molar-refractivity contribution is -0.134. The van der Waals surface area contributed by atoms with Gasteiger partial charge < -0.3 is 20.4 Å². The van der Waals surface area contributed by atoms with Crippen LogP contribution < -0.4 is 10.6 Å². The van der Waals surface area contributed by atoms with Crippen molar-refractivity contribution in [1.82, 2.24) is 30.4 Å². The SMILES string of the molecule is CN1CCc2nc(C(=O)N[C@@H]3C[C@@H](C(=O)N(C)C)CC[C@@H]3NC(=O)c3cc4ccc(Cl)cc4cn3)sc2C1.Cl. The summed E-state index contributed by atoms with van der Waals surface area (Å²) in [4.78, 5) is 53.1. The maximum absolute atomic E-state index is 13.3. The number of amides is 3. The predicted octanol–water partition coefficient (Wildman–Crippen LogP) is 3.54. The van der Waals surface area contributed by atoms with E-state index in [-0.39, 0.29) is 47.8 Å². The lowest BCUT2D eigenvalue weighted by atomic mass is 9.81. The second-order valence-corrected chi connectivity index (χ2v) is 11.9. The van der Waals surface area contributed by atoms with Crippen LogP contribution in [0.3, 0.4) is 0 Å². The highest BCUT2D eigenvalue weighted by Gasteiger charge is 2.37. The summed E-state index contributed by atoms with van der Waals surface area (Å²) in [5.74, 6) is -0.798. The number of fused-ring (bicyclic) bond motifs is 2. The van der Waals surface area contributed by atoms with Gasteiger partial charge in [0.25, 0.3) is 11.8 Å². The molecule has 0 radical (unpaired) electrons. The van der Waals surface area contributed by atoms with Crippen molar-refractivity contribution in [1.29, 1.82) is 0 Å². The molecule has 0 saturated heterocycles. The minimum absolute atomic E-state index is 0. The molecule has 0 unspecified atom stereocenters. The van der Waals surface area contributed by atoms with E-state index in [1.165, 1.54) is 11.3 Å². The third-order valence-electron chi connectivity index (χ3n) is 7.31. The van der Waals surface area contributed by atoms with Crippen molar-refractivity contribution in [2.75, 3.05) is 27.7 Å². The first kappa shape index (κ1) is 29.2. The number of carbonyl (C=O) groups excluding carboxylic acids is 3. The Bertz CT molecular complexity index is 1400. The van der Waals surface area contributed by atoms with Gasteiger partial charge in [-0.05, 0) is 49.9 Å². The molecule has 1 fully saturated rings. The van der Waals surface area contributed by atoms with E-state index in [0.29, 0.717) is 29.3 Å². The Morgan fingerprint density at radius 3 is 2.62 bits per heavy atom. The van der Waals surface area contributed by atoms with Crippen molar-refractivity contribution in [3.05, 3.63) is 56.8 Å². The highest BCUT2D eigenvalue weighted by molar-refractivity contribution is 7.13. The Labute approximate surface area is 242 Å². The third-order valence-corrected chi connectivity index (χ3v) is 8.62. The van der Waals surface area contributed by atoms with Gasteiger partial charge in [-0.3, -0.25) is 19.4 Å². The van der Waals surface area contributed by atoms with Gasteiger partial charge in [0.2, 0.25) is 5.91 Å². The molecule has 12 heteroatoms. The van der Waals surface area contributed by atoms with Crippen molar-refractivity contribution in [2.24, 2.45) is 5.92 Å². The number of halogens is 2. The van der Waals surface area contributed by atoms with Crippen LogP contribution in [0.25, 0.3) is 10.8 Å². The maximum atomic E-state index is 13.3. The molecular weight excluding hydrogens is 559 g/mol. The second kappa shape index (κ2) is 12.2. The van der Waals surface area contributed by atoms with E-state index >= 15 is 0 Å². The number of nitrogens with zero attached hydrogens (tertiary/aromatic N) is 4. The molecule has 1 aliphatic heterocycles. The summed E-state index contributed by atoms with van der Waals surface area (Å²) in [5, 5.41) is 8.90. The predicted molar refractivity (Wildman–Crippen MR) is 155 cm³/mol. The monoisotopic (exact) mass is 590 g/mol. The number of nitrogens with one attached hydrogen (secondary N) is 2. The van der Waals surface area contributed by atoms with Gasteiger partial charge in [0.15, 0.2) is 5.01 Å². The fraction of sp³-hybridized carbons (Fsp3) is 0.444. The normalized spacial score (nSPS) is 21.0. The molecule has 9 nitrogen and oxygen atoms in total. The van der Waals surface area contributed by atoms with Crippen LogP contribution in [-0.4, -0.2) is 77.3 Å². The van der Waals surface area contributed by atoms with E-state index < -0.39 is 6.04 Å². The topological polar surface area (TPSA) is 108 Å². The summed E-state index contributed by atoms with van der Waals surface area (Å²) >= 11 is 7.48. The highest BCUT2D eigenvalue weighted by atomic mass is 35.5. The summed E-state index contributed by atoms with van der Waals surface area (Å²) in [6.45, 7) is 1.70. The van der Waals surface area contributed by atoms with Crippen LogP contribution in [0.2, 0.25) is 5.02 Å². The van der Waals surface area contributed by atoms with Crippen LogP contribution in [0, 0.1) is 5.92 Å². The molecule has 1 aliphatic carbocycles. The summed E-state index contributed by atoms with van der Waals surface area (Å²) in [6.07, 6.45) is 4.07. The second-order valence-electron chi connectivity index (χ2n) is 10.3. The number of rotatable bonds is 5. The van der Waals surface area contributed by atoms with E-state index in [9.17, 15) is 14.4 Å². The van der Waals surface area contributed by atoms with Crippen molar-refractivity contribution in [3.63, 3.8) is 0 Å². The summed E-state index contributed by atoms with van der Waals surface area (Å²) < 4.78 is 0. The number of thiazole rings is 1. The molecule has 3 amide bonds. The molecule has 39 heavy (non-hydrogen) atoms. The molecule has 2 aliphatic rings. The molecule has 1 saturated carbocycles. The first-order valence-corrected chi connectivity index (χ1v) is 13.9. The minimum atomic E-state index is -0.419. The van der Waals surface area contributed by atoms with Gasteiger partial charge in [0, 0.05) is 67.0 Å². The molecule has 3 atom stereocenters. The number of likely N-dealkylation sites (N-methyl/N-ethyl adjacent to an activating group) is 1. The van der Waals surface area contributed by atoms with Crippen LogP contribution in [0.15, 0.2) is 30.5 Å².